The molecule has 1 atom stereocenters. The molecule has 2 rings (SSSR count). The van der Waals surface area contributed by atoms with Crippen LogP contribution in [0.15, 0.2) is 18.2 Å². The van der Waals surface area contributed by atoms with Crippen LogP contribution >= 0.6 is 23.2 Å². The van der Waals surface area contributed by atoms with Crippen molar-refractivity contribution in [3.63, 3.8) is 0 Å². The zero-order chi connectivity index (χ0) is 14.7. The fourth-order valence-corrected chi connectivity index (χ4v) is 2.04. The van der Waals surface area contributed by atoms with Crippen LogP contribution in [0, 0.1) is 6.92 Å². The number of aromatic nitrogens is 3. The van der Waals surface area contributed by atoms with Gasteiger partial charge in [-0.25, -0.2) is 4.21 Å². The first-order valence-electron chi connectivity index (χ1n) is 5.16. The first-order chi connectivity index (χ1) is 9.44. The first-order valence-corrected chi connectivity index (χ1v) is 6.92. The molecule has 0 aliphatic heterocycles. The molecule has 1 N–H and O–H groups in total. The predicted molar refractivity (Wildman–Crippen MR) is 73.9 cm³/mol. The highest BCUT2D eigenvalue weighted by molar-refractivity contribution is 7.74. The Morgan fingerprint density at radius 3 is 2.50 bits per heavy atom. The third-order valence-electron chi connectivity index (χ3n) is 2.18. The third-order valence-corrected chi connectivity index (χ3v) is 2.84. The lowest BCUT2D eigenvalue weighted by atomic mass is 10.2. The van der Waals surface area contributed by atoms with Gasteiger partial charge >= 0.3 is 0 Å². The van der Waals surface area contributed by atoms with Gasteiger partial charge in [-0.05, 0) is 41.8 Å². The number of hydrogen-bond donors (Lipinski definition) is 1. The molecule has 0 aliphatic carbocycles. The molecule has 20 heavy (non-hydrogen) atoms. The van der Waals surface area contributed by atoms with Crippen molar-refractivity contribution in [1.82, 2.24) is 15.0 Å². The molecule has 1 aromatic carbocycles. The van der Waals surface area contributed by atoms with Gasteiger partial charge in [0.2, 0.25) is 16.5 Å². The van der Waals surface area contributed by atoms with Crippen LogP contribution in [0.2, 0.25) is 10.6 Å². The predicted octanol–water partition coefficient (Wildman–Crippen LogP) is 2.40. The molecule has 0 spiro atoms. The summed E-state index contributed by atoms with van der Waals surface area (Å²) in [6, 6.07) is 4.85. The molecular weight excluding hydrogens is 327 g/mol. The fraction of sp³-hybridized carbons (Fsp3) is 0.100. The summed E-state index contributed by atoms with van der Waals surface area (Å²) in [6.07, 6.45) is 0. The van der Waals surface area contributed by atoms with Crippen molar-refractivity contribution in [2.24, 2.45) is 0 Å². The lowest BCUT2D eigenvalue weighted by molar-refractivity contribution is 0.439. The van der Waals surface area contributed by atoms with Gasteiger partial charge < -0.3 is 14.1 Å². The monoisotopic (exact) mass is 333 g/mol. The van der Waals surface area contributed by atoms with E-state index in [4.69, 9.17) is 23.2 Å². The summed E-state index contributed by atoms with van der Waals surface area (Å²) in [7, 11) is 0. The van der Waals surface area contributed by atoms with E-state index in [1.807, 2.05) is 0 Å². The van der Waals surface area contributed by atoms with Gasteiger partial charge in [0.1, 0.15) is 17.1 Å². The van der Waals surface area contributed by atoms with Crippen LogP contribution in [0.3, 0.4) is 0 Å². The average Bonchev–Trinajstić information content (AvgIpc) is 2.31. The molecule has 1 heterocycles. The molecule has 0 amide bonds. The maximum atomic E-state index is 10.6. The number of rotatable bonds is 4. The molecule has 106 valence electrons. The van der Waals surface area contributed by atoms with Gasteiger partial charge in [0.05, 0.1) is 0 Å². The summed E-state index contributed by atoms with van der Waals surface area (Å²) in [6.45, 7) is 1.71. The largest absolute Gasteiger partial charge is 0.740 e. The number of benzene rings is 1. The van der Waals surface area contributed by atoms with Crippen molar-refractivity contribution in [3.8, 4) is 5.75 Å². The number of aryl methyl sites for hydroxylation is 1. The standard InChI is InChI=1S/C10H8Cl2N4O3S/c1-5-2-3-6(4-7(5)19-20(17)18)13-10-15-8(11)14-9(12)16-10/h2-4H,1H3,(H,17,18)(H,13,14,15,16)/p-1. The van der Waals surface area contributed by atoms with Gasteiger partial charge in [-0.15, -0.1) is 0 Å². The molecule has 0 fully saturated rings. The summed E-state index contributed by atoms with van der Waals surface area (Å²) in [5.74, 6) is 0.322. The van der Waals surface area contributed by atoms with Gasteiger partial charge in [-0.1, -0.05) is 6.07 Å². The van der Waals surface area contributed by atoms with Crippen molar-refractivity contribution in [1.29, 1.82) is 0 Å². The zero-order valence-electron chi connectivity index (χ0n) is 9.96. The highest BCUT2D eigenvalue weighted by Crippen LogP contribution is 2.25. The molecule has 7 nitrogen and oxygen atoms in total. The van der Waals surface area contributed by atoms with Gasteiger partial charge in [-0.3, -0.25) is 0 Å². The lowest BCUT2D eigenvalue weighted by Crippen LogP contribution is -2.02. The normalized spacial score (nSPS) is 12.0. The quantitative estimate of drug-likeness (QED) is 0.857. The van der Waals surface area contributed by atoms with Crippen molar-refractivity contribution < 1.29 is 12.9 Å². The van der Waals surface area contributed by atoms with Crippen molar-refractivity contribution in [2.75, 3.05) is 5.32 Å². The second-order valence-corrected chi connectivity index (χ2v) is 4.84. The van der Waals surface area contributed by atoms with Gasteiger partial charge in [0, 0.05) is 11.8 Å². The lowest BCUT2D eigenvalue weighted by Gasteiger charge is -2.12. The number of halogens is 2. The van der Waals surface area contributed by atoms with E-state index in [0.29, 0.717) is 11.3 Å². The van der Waals surface area contributed by atoms with Crippen LogP contribution in [0.4, 0.5) is 11.6 Å². The smallest absolute Gasteiger partial charge is 0.232 e. The third kappa shape index (κ3) is 4.01. The second kappa shape index (κ2) is 6.31. The summed E-state index contributed by atoms with van der Waals surface area (Å²) >= 11 is 8.65. The van der Waals surface area contributed by atoms with E-state index >= 15 is 0 Å². The Bertz CT molecular complexity index is 651. The highest BCUT2D eigenvalue weighted by atomic mass is 35.5. The van der Waals surface area contributed by atoms with Gasteiger partial charge in [0.25, 0.3) is 0 Å². The van der Waals surface area contributed by atoms with Crippen LogP contribution in [-0.2, 0) is 11.4 Å². The number of nitrogens with zero attached hydrogens (tertiary/aromatic N) is 3. The molecule has 0 radical (unpaired) electrons. The minimum atomic E-state index is -2.65. The van der Waals surface area contributed by atoms with Gasteiger partial charge in [0.15, 0.2) is 0 Å². The van der Waals surface area contributed by atoms with E-state index in [2.05, 4.69) is 24.5 Å². The van der Waals surface area contributed by atoms with E-state index in [0.717, 1.165) is 0 Å². The first kappa shape index (κ1) is 14.9. The molecule has 0 aliphatic rings. The Morgan fingerprint density at radius 2 is 1.90 bits per heavy atom. The zero-order valence-corrected chi connectivity index (χ0v) is 12.3. The van der Waals surface area contributed by atoms with Crippen molar-refractivity contribution in [2.45, 2.75) is 6.92 Å². The van der Waals surface area contributed by atoms with E-state index < -0.39 is 11.4 Å². The molecule has 10 heteroatoms. The number of hydrogen-bond acceptors (Lipinski definition) is 7. The molecule has 1 unspecified atom stereocenters. The van der Waals surface area contributed by atoms with Crippen LogP contribution in [-0.4, -0.2) is 23.7 Å². The van der Waals surface area contributed by atoms with Crippen molar-refractivity contribution >= 4 is 46.2 Å². The Balaban J connectivity index is 2.27. The van der Waals surface area contributed by atoms with Crippen LogP contribution in [0.5, 0.6) is 5.75 Å². The number of nitrogens with one attached hydrogen (secondary N) is 1. The van der Waals surface area contributed by atoms with E-state index in [1.54, 1.807) is 19.1 Å². The maximum Gasteiger partial charge on any atom is 0.232 e. The molecule has 2 aromatic rings. The summed E-state index contributed by atoms with van der Waals surface area (Å²) in [5.41, 5.74) is 1.17. The van der Waals surface area contributed by atoms with E-state index in [9.17, 15) is 8.76 Å². The minimum absolute atomic E-state index is 0.0586. The maximum absolute atomic E-state index is 10.6. The Kier molecular flexibility index (Phi) is 4.71. The molecule has 1 aromatic heterocycles. The molecule has 0 saturated carbocycles. The topological polar surface area (TPSA) is 100 Å². The van der Waals surface area contributed by atoms with Crippen LogP contribution in [0.1, 0.15) is 5.56 Å². The SMILES string of the molecule is Cc1ccc(Nc2nc(Cl)nc(Cl)n2)cc1OS(=O)[O-]. The second-order valence-electron chi connectivity index (χ2n) is 3.59. The van der Waals surface area contributed by atoms with E-state index in [-0.39, 0.29) is 22.3 Å². The number of anilines is 2. The summed E-state index contributed by atoms with van der Waals surface area (Å²) in [5, 5.41) is 2.70. The van der Waals surface area contributed by atoms with Crippen molar-refractivity contribution in [3.05, 3.63) is 34.3 Å². The Labute approximate surface area is 126 Å². The van der Waals surface area contributed by atoms with Crippen LogP contribution in [0.25, 0.3) is 0 Å². The Morgan fingerprint density at radius 1 is 1.25 bits per heavy atom. The van der Waals surface area contributed by atoms with Crippen LogP contribution < -0.4 is 9.50 Å². The van der Waals surface area contributed by atoms with Gasteiger partial charge in [-0.2, -0.15) is 15.0 Å². The minimum Gasteiger partial charge on any atom is -0.740 e. The highest BCUT2D eigenvalue weighted by Gasteiger charge is 2.06. The van der Waals surface area contributed by atoms with E-state index in [1.165, 1.54) is 6.07 Å². The fourth-order valence-electron chi connectivity index (χ4n) is 1.35. The molecular formula is C10H7Cl2N4O3S-. The Hall–Kier alpha value is -1.48. The molecule has 0 saturated heterocycles. The molecule has 0 bridgehead atoms. The average molecular weight is 334 g/mol. The summed E-state index contributed by atoms with van der Waals surface area (Å²) in [4.78, 5) is 11.3. The summed E-state index contributed by atoms with van der Waals surface area (Å²) < 4.78 is 25.8.